The number of nitrogens with zero attached hydrogens (tertiary/aromatic N) is 2. The molecule has 19 heavy (non-hydrogen) atoms. The van der Waals surface area contributed by atoms with Gasteiger partial charge >= 0.3 is 6.18 Å². The van der Waals surface area contributed by atoms with Crippen LogP contribution in [-0.2, 0) is 6.18 Å². The van der Waals surface area contributed by atoms with E-state index >= 15 is 0 Å². The Bertz CT molecular complexity index is 433. The van der Waals surface area contributed by atoms with E-state index in [1.165, 1.54) is 6.07 Å². The fraction of sp³-hybridized carbons (Fsp3) is 0.615. The normalized spacial score (nSPS) is 25.3. The van der Waals surface area contributed by atoms with Crippen LogP contribution in [-0.4, -0.2) is 35.6 Å². The third-order valence-electron chi connectivity index (χ3n) is 3.60. The van der Waals surface area contributed by atoms with Gasteiger partial charge in [0.05, 0.1) is 0 Å². The van der Waals surface area contributed by atoms with Crippen molar-refractivity contribution in [3.05, 3.63) is 23.9 Å². The summed E-state index contributed by atoms with van der Waals surface area (Å²) in [6, 6.07) is 4.57. The lowest BCUT2D eigenvalue weighted by molar-refractivity contribution is -0.141. The number of aromatic nitrogens is 1. The largest absolute Gasteiger partial charge is 0.433 e. The number of alkyl halides is 3. The van der Waals surface area contributed by atoms with Gasteiger partial charge in [0.2, 0.25) is 0 Å². The molecule has 0 radical (unpaired) electrons. The summed E-state index contributed by atoms with van der Waals surface area (Å²) < 4.78 is 37.7. The standard InChI is InChI=1S/C13H18F3N3/c1-9-8-10(6-7-19(9)2)17-12-5-3-4-11(18-12)13(14,15)16/h3-5,9-10H,6-8H2,1-2H3,(H,17,18). The maximum atomic E-state index is 12.6. The van der Waals surface area contributed by atoms with Gasteiger partial charge in [0.15, 0.2) is 0 Å². The molecule has 0 amide bonds. The van der Waals surface area contributed by atoms with E-state index in [-0.39, 0.29) is 6.04 Å². The number of likely N-dealkylation sites (tertiary alicyclic amines) is 1. The Morgan fingerprint density at radius 2 is 2.11 bits per heavy atom. The third-order valence-corrected chi connectivity index (χ3v) is 3.60. The van der Waals surface area contributed by atoms with Gasteiger partial charge < -0.3 is 10.2 Å². The summed E-state index contributed by atoms with van der Waals surface area (Å²) in [4.78, 5) is 5.88. The molecular weight excluding hydrogens is 255 g/mol. The summed E-state index contributed by atoms with van der Waals surface area (Å²) in [5.74, 6) is 0.302. The van der Waals surface area contributed by atoms with Gasteiger partial charge in [-0.2, -0.15) is 13.2 Å². The monoisotopic (exact) mass is 273 g/mol. The molecule has 6 heteroatoms. The number of nitrogens with one attached hydrogen (secondary N) is 1. The fourth-order valence-electron chi connectivity index (χ4n) is 2.30. The molecule has 0 bridgehead atoms. The van der Waals surface area contributed by atoms with Crippen LogP contribution in [0.1, 0.15) is 25.5 Å². The Labute approximate surface area is 110 Å². The lowest BCUT2D eigenvalue weighted by Crippen LogP contribution is -2.42. The van der Waals surface area contributed by atoms with E-state index in [9.17, 15) is 13.2 Å². The van der Waals surface area contributed by atoms with E-state index < -0.39 is 11.9 Å². The molecule has 1 fully saturated rings. The van der Waals surface area contributed by atoms with Crippen molar-refractivity contribution in [1.29, 1.82) is 0 Å². The third kappa shape index (κ3) is 3.59. The second-order valence-corrected chi connectivity index (χ2v) is 5.10. The summed E-state index contributed by atoms with van der Waals surface area (Å²) in [6.45, 7) is 3.06. The molecule has 0 aromatic carbocycles. The number of halogens is 3. The topological polar surface area (TPSA) is 28.2 Å². The van der Waals surface area contributed by atoms with Gasteiger partial charge in [-0.1, -0.05) is 6.07 Å². The van der Waals surface area contributed by atoms with Crippen LogP contribution in [0, 0.1) is 0 Å². The summed E-state index contributed by atoms with van der Waals surface area (Å²) in [6.07, 6.45) is -2.56. The predicted octanol–water partition coefficient (Wildman–Crippen LogP) is 3.00. The number of anilines is 1. The summed E-state index contributed by atoms with van der Waals surface area (Å²) in [5, 5.41) is 3.11. The quantitative estimate of drug-likeness (QED) is 0.898. The second kappa shape index (κ2) is 5.36. The molecule has 1 N–H and O–H groups in total. The molecule has 0 spiro atoms. The van der Waals surface area contributed by atoms with Crippen molar-refractivity contribution < 1.29 is 13.2 Å². The van der Waals surface area contributed by atoms with Gasteiger partial charge in [-0.05, 0) is 38.9 Å². The van der Waals surface area contributed by atoms with Gasteiger partial charge in [0.1, 0.15) is 11.5 Å². The highest BCUT2D eigenvalue weighted by atomic mass is 19.4. The first-order valence-corrected chi connectivity index (χ1v) is 6.37. The van der Waals surface area contributed by atoms with Crippen LogP contribution in [0.2, 0.25) is 0 Å². The zero-order valence-electron chi connectivity index (χ0n) is 11.0. The van der Waals surface area contributed by atoms with Crippen molar-refractivity contribution in [2.75, 3.05) is 18.9 Å². The van der Waals surface area contributed by atoms with Crippen molar-refractivity contribution >= 4 is 5.82 Å². The zero-order chi connectivity index (χ0) is 14.0. The van der Waals surface area contributed by atoms with Crippen LogP contribution >= 0.6 is 0 Å². The molecule has 1 aliphatic heterocycles. The lowest BCUT2D eigenvalue weighted by atomic mass is 9.99. The van der Waals surface area contributed by atoms with Crippen LogP contribution in [0.15, 0.2) is 18.2 Å². The molecule has 2 rings (SSSR count). The highest BCUT2D eigenvalue weighted by Crippen LogP contribution is 2.28. The van der Waals surface area contributed by atoms with E-state index in [2.05, 4.69) is 29.2 Å². The molecule has 1 aliphatic rings. The molecule has 0 aliphatic carbocycles. The van der Waals surface area contributed by atoms with Gasteiger partial charge in [0.25, 0.3) is 0 Å². The summed E-state index contributed by atoms with van der Waals surface area (Å²) in [7, 11) is 2.06. The Kier molecular flexibility index (Phi) is 3.99. The van der Waals surface area contributed by atoms with Crippen molar-refractivity contribution in [3.8, 4) is 0 Å². The Morgan fingerprint density at radius 1 is 1.37 bits per heavy atom. The van der Waals surface area contributed by atoms with Gasteiger partial charge in [0, 0.05) is 18.6 Å². The lowest BCUT2D eigenvalue weighted by Gasteiger charge is -2.35. The van der Waals surface area contributed by atoms with E-state index in [4.69, 9.17) is 0 Å². The van der Waals surface area contributed by atoms with E-state index in [0.717, 1.165) is 25.5 Å². The molecule has 0 saturated carbocycles. The molecule has 1 aromatic rings. The van der Waals surface area contributed by atoms with E-state index in [1.54, 1.807) is 6.07 Å². The van der Waals surface area contributed by atoms with Crippen LogP contribution < -0.4 is 5.32 Å². The average Bonchev–Trinajstić information content (AvgIpc) is 2.33. The minimum atomic E-state index is -4.39. The van der Waals surface area contributed by atoms with Crippen LogP contribution in [0.4, 0.5) is 19.0 Å². The average molecular weight is 273 g/mol. The summed E-state index contributed by atoms with van der Waals surface area (Å²) in [5.41, 5.74) is -0.849. The zero-order valence-corrected chi connectivity index (χ0v) is 11.0. The first-order valence-electron chi connectivity index (χ1n) is 6.37. The minimum absolute atomic E-state index is 0.183. The Morgan fingerprint density at radius 3 is 2.74 bits per heavy atom. The van der Waals surface area contributed by atoms with Gasteiger partial charge in [-0.25, -0.2) is 4.98 Å². The predicted molar refractivity (Wildman–Crippen MR) is 68.0 cm³/mol. The highest BCUT2D eigenvalue weighted by Gasteiger charge is 2.32. The van der Waals surface area contributed by atoms with Crippen molar-refractivity contribution in [3.63, 3.8) is 0 Å². The molecule has 3 nitrogen and oxygen atoms in total. The molecule has 1 saturated heterocycles. The van der Waals surface area contributed by atoms with Crippen LogP contribution in [0.25, 0.3) is 0 Å². The Hall–Kier alpha value is -1.30. The highest BCUT2D eigenvalue weighted by molar-refractivity contribution is 5.37. The van der Waals surface area contributed by atoms with Crippen molar-refractivity contribution in [2.24, 2.45) is 0 Å². The Balaban J connectivity index is 2.04. The number of pyridine rings is 1. The van der Waals surface area contributed by atoms with Crippen LogP contribution in [0.3, 0.4) is 0 Å². The summed E-state index contributed by atoms with van der Waals surface area (Å²) >= 11 is 0. The van der Waals surface area contributed by atoms with Gasteiger partial charge in [-0.3, -0.25) is 0 Å². The smallest absolute Gasteiger partial charge is 0.367 e. The minimum Gasteiger partial charge on any atom is -0.367 e. The molecule has 106 valence electrons. The van der Waals surface area contributed by atoms with E-state index in [1.807, 2.05) is 0 Å². The SMILES string of the molecule is CC1CC(Nc2cccc(C(F)(F)F)n2)CCN1C. The molecule has 2 unspecified atom stereocenters. The maximum Gasteiger partial charge on any atom is 0.433 e. The van der Waals surface area contributed by atoms with Gasteiger partial charge in [-0.15, -0.1) is 0 Å². The first-order chi connectivity index (χ1) is 8.86. The van der Waals surface area contributed by atoms with Crippen molar-refractivity contribution in [1.82, 2.24) is 9.88 Å². The van der Waals surface area contributed by atoms with Crippen LogP contribution in [0.5, 0.6) is 0 Å². The number of rotatable bonds is 2. The van der Waals surface area contributed by atoms with E-state index in [0.29, 0.717) is 11.9 Å². The number of hydrogen-bond acceptors (Lipinski definition) is 3. The molecule has 2 atom stereocenters. The maximum absolute atomic E-state index is 12.6. The van der Waals surface area contributed by atoms with Crippen molar-refractivity contribution in [2.45, 2.75) is 38.0 Å². The number of hydrogen-bond donors (Lipinski definition) is 1. The second-order valence-electron chi connectivity index (χ2n) is 5.10. The fourth-order valence-corrected chi connectivity index (χ4v) is 2.30. The first kappa shape index (κ1) is 14.1. The molecule has 1 aromatic heterocycles. The number of piperidine rings is 1. The molecular formula is C13H18F3N3. The molecule has 2 heterocycles.